The van der Waals surface area contributed by atoms with Gasteiger partial charge < -0.3 is 15.1 Å². The molecular formula is C26H26FN3O8. The highest BCUT2D eigenvalue weighted by atomic mass is 19.1. The quantitative estimate of drug-likeness (QED) is 0.228. The molecule has 2 aromatic carbocycles. The summed E-state index contributed by atoms with van der Waals surface area (Å²) in [5, 5.41) is 26.6. The monoisotopic (exact) mass is 527 g/mol. The summed E-state index contributed by atoms with van der Waals surface area (Å²) in [6.07, 6.45) is 2.86. The van der Waals surface area contributed by atoms with E-state index in [9.17, 15) is 33.7 Å². The Balaban J connectivity index is 0.000000436. The van der Waals surface area contributed by atoms with Crippen molar-refractivity contribution in [3.8, 4) is 0 Å². The number of hydrogen-bond acceptors (Lipinski definition) is 7. The van der Waals surface area contributed by atoms with Gasteiger partial charge in [-0.05, 0) is 67.7 Å². The zero-order valence-electron chi connectivity index (χ0n) is 20.3. The second-order valence-electron chi connectivity index (χ2n) is 8.94. The van der Waals surface area contributed by atoms with Gasteiger partial charge in [0.2, 0.25) is 0 Å². The molecule has 2 heterocycles. The third kappa shape index (κ3) is 7.77. The first kappa shape index (κ1) is 28.1. The minimum Gasteiger partial charge on any atom is -0.478 e. The van der Waals surface area contributed by atoms with Crippen molar-refractivity contribution in [1.82, 2.24) is 9.80 Å². The van der Waals surface area contributed by atoms with Gasteiger partial charge in [-0.3, -0.25) is 24.6 Å². The second kappa shape index (κ2) is 12.7. The molecule has 38 heavy (non-hydrogen) atoms. The lowest BCUT2D eigenvalue weighted by Crippen LogP contribution is -2.40. The van der Waals surface area contributed by atoms with Gasteiger partial charge in [0.05, 0.1) is 17.0 Å². The molecule has 1 fully saturated rings. The lowest BCUT2D eigenvalue weighted by molar-refractivity contribution is -0.384. The third-order valence-electron chi connectivity index (χ3n) is 6.27. The highest BCUT2D eigenvalue weighted by molar-refractivity contribution is 5.99. The molecule has 0 radical (unpaired) electrons. The van der Waals surface area contributed by atoms with Crippen molar-refractivity contribution in [2.45, 2.75) is 19.4 Å². The van der Waals surface area contributed by atoms with Crippen LogP contribution in [0.3, 0.4) is 0 Å². The van der Waals surface area contributed by atoms with Gasteiger partial charge in [0.15, 0.2) is 5.78 Å². The van der Waals surface area contributed by atoms with E-state index in [1.807, 2.05) is 0 Å². The van der Waals surface area contributed by atoms with Crippen LogP contribution in [0, 0.1) is 21.8 Å². The minimum atomic E-state index is -1.26. The van der Waals surface area contributed by atoms with Gasteiger partial charge in [-0.25, -0.2) is 14.0 Å². The molecule has 200 valence electrons. The maximum Gasteiger partial charge on any atom is 0.328 e. The molecule has 11 nitrogen and oxygen atoms in total. The molecule has 0 spiro atoms. The number of nitro benzene ring substituents is 1. The predicted molar refractivity (Wildman–Crippen MR) is 132 cm³/mol. The van der Waals surface area contributed by atoms with Crippen LogP contribution in [0.15, 0.2) is 54.6 Å². The molecule has 12 heteroatoms. The lowest BCUT2D eigenvalue weighted by atomic mass is 9.95. The topological polar surface area (TPSA) is 158 Å². The number of carboxylic acid groups (broad SMARTS) is 2. The highest BCUT2D eigenvalue weighted by Gasteiger charge is 2.32. The fourth-order valence-electron chi connectivity index (χ4n) is 4.32. The van der Waals surface area contributed by atoms with E-state index < -0.39 is 16.9 Å². The Kier molecular flexibility index (Phi) is 9.39. The summed E-state index contributed by atoms with van der Waals surface area (Å²) in [7, 11) is 0. The number of piperidine rings is 1. The number of hydrogen-bond donors (Lipinski definition) is 2. The average Bonchev–Trinajstić information content (AvgIpc) is 3.19. The number of aliphatic carboxylic acids is 2. The Labute approximate surface area is 216 Å². The van der Waals surface area contributed by atoms with Crippen molar-refractivity contribution >= 4 is 29.3 Å². The first-order valence-corrected chi connectivity index (χ1v) is 11.7. The summed E-state index contributed by atoms with van der Waals surface area (Å²) >= 11 is 0. The van der Waals surface area contributed by atoms with E-state index in [0.717, 1.165) is 31.5 Å². The van der Waals surface area contributed by atoms with Gasteiger partial charge in [0, 0.05) is 42.9 Å². The number of halogens is 1. The lowest BCUT2D eigenvalue weighted by Gasteiger charge is -2.33. The number of rotatable bonds is 8. The largest absolute Gasteiger partial charge is 0.478 e. The summed E-state index contributed by atoms with van der Waals surface area (Å²) in [6.45, 7) is 2.92. The fraction of sp³-hybridized carbons (Fsp3) is 0.308. The van der Waals surface area contributed by atoms with Gasteiger partial charge in [-0.2, -0.15) is 0 Å². The summed E-state index contributed by atoms with van der Waals surface area (Å²) in [5.74, 6) is -2.72. The van der Waals surface area contributed by atoms with Crippen LogP contribution in [0.2, 0.25) is 0 Å². The van der Waals surface area contributed by atoms with Crippen LogP contribution in [-0.4, -0.2) is 74.7 Å². The van der Waals surface area contributed by atoms with E-state index in [0.29, 0.717) is 48.8 Å². The van der Waals surface area contributed by atoms with Gasteiger partial charge in [-0.15, -0.1) is 0 Å². The maximum atomic E-state index is 13.0. The van der Waals surface area contributed by atoms with Crippen LogP contribution in [-0.2, 0) is 16.1 Å². The smallest absolute Gasteiger partial charge is 0.328 e. The summed E-state index contributed by atoms with van der Waals surface area (Å²) in [5.41, 5.74) is 1.69. The van der Waals surface area contributed by atoms with Gasteiger partial charge >= 0.3 is 11.9 Å². The summed E-state index contributed by atoms with van der Waals surface area (Å²) < 4.78 is 13.0. The molecular weight excluding hydrogens is 501 g/mol. The standard InChI is InChI=1S/C22H22FN3O4.C4H4O4/c23-18-4-1-16(2-5-18)21(27)14-24-9-7-15(8-10-24)12-25-13-17-3-6-19(26(29)30)11-20(17)22(25)28;5-3(6)1-2-4(7)8/h1-6,11,15H,7-10,12-14H2;1-2H,(H,5,6)(H,7,8)/b;2-1+. The Morgan fingerprint density at radius 3 is 2.18 bits per heavy atom. The molecule has 0 bridgehead atoms. The number of Topliss-reactive ketones (excluding diaryl/α,β-unsaturated/α-hetero) is 1. The Bertz CT molecular complexity index is 1240. The number of carbonyl (C=O) groups excluding carboxylic acids is 2. The number of carboxylic acids is 2. The Morgan fingerprint density at radius 2 is 1.63 bits per heavy atom. The van der Waals surface area contributed by atoms with Crippen LogP contribution in [0.1, 0.15) is 39.1 Å². The number of non-ortho nitro benzene ring substituents is 1. The molecule has 2 aromatic rings. The van der Waals surface area contributed by atoms with Crippen molar-refractivity contribution in [2.75, 3.05) is 26.2 Å². The number of benzene rings is 2. The van der Waals surface area contributed by atoms with Gasteiger partial charge in [0.25, 0.3) is 11.6 Å². The van der Waals surface area contributed by atoms with Crippen LogP contribution in [0.5, 0.6) is 0 Å². The fourth-order valence-corrected chi connectivity index (χ4v) is 4.32. The Morgan fingerprint density at radius 1 is 1.03 bits per heavy atom. The van der Waals surface area contributed by atoms with Gasteiger partial charge in [-0.1, -0.05) is 0 Å². The number of nitro groups is 1. The van der Waals surface area contributed by atoms with E-state index in [4.69, 9.17) is 10.2 Å². The van der Waals surface area contributed by atoms with E-state index in [2.05, 4.69) is 4.90 Å². The van der Waals surface area contributed by atoms with Crippen LogP contribution in [0.25, 0.3) is 0 Å². The highest BCUT2D eigenvalue weighted by Crippen LogP contribution is 2.29. The summed E-state index contributed by atoms with van der Waals surface area (Å²) in [4.78, 5) is 58.4. The van der Waals surface area contributed by atoms with E-state index >= 15 is 0 Å². The SMILES string of the molecule is O=C(CN1CCC(CN2Cc3ccc([N+](=O)[O-])cc3C2=O)CC1)c1ccc(F)cc1.O=C(O)/C=C/C(=O)O. The number of amides is 1. The van der Waals surface area contributed by atoms with Crippen molar-refractivity contribution in [1.29, 1.82) is 0 Å². The van der Waals surface area contributed by atoms with Gasteiger partial charge in [0.1, 0.15) is 5.82 Å². The zero-order valence-corrected chi connectivity index (χ0v) is 20.3. The number of carbonyl (C=O) groups is 4. The molecule has 0 unspecified atom stereocenters. The normalized spacial score (nSPS) is 15.6. The number of nitrogens with zero attached hydrogens (tertiary/aromatic N) is 3. The molecule has 2 aliphatic rings. The van der Waals surface area contributed by atoms with Crippen molar-refractivity contribution < 1.29 is 38.7 Å². The molecule has 4 rings (SSSR count). The average molecular weight is 528 g/mol. The molecule has 0 atom stereocenters. The molecule has 0 aromatic heterocycles. The van der Waals surface area contributed by atoms with Crippen molar-refractivity contribution in [3.63, 3.8) is 0 Å². The number of fused-ring (bicyclic) bond motifs is 1. The van der Waals surface area contributed by atoms with Crippen molar-refractivity contribution in [2.24, 2.45) is 5.92 Å². The van der Waals surface area contributed by atoms with Crippen LogP contribution in [0.4, 0.5) is 10.1 Å². The molecule has 0 saturated carbocycles. The van der Waals surface area contributed by atoms with Crippen molar-refractivity contribution in [3.05, 3.63) is 87.2 Å². The predicted octanol–water partition coefficient (Wildman–Crippen LogP) is 3.00. The molecule has 1 saturated heterocycles. The second-order valence-corrected chi connectivity index (χ2v) is 8.94. The summed E-state index contributed by atoms with van der Waals surface area (Å²) in [6, 6.07) is 10.1. The molecule has 2 aliphatic heterocycles. The van der Waals surface area contributed by atoms with Crippen LogP contribution < -0.4 is 0 Å². The van der Waals surface area contributed by atoms with Crippen LogP contribution >= 0.6 is 0 Å². The maximum absolute atomic E-state index is 13.0. The zero-order chi connectivity index (χ0) is 27.8. The molecule has 0 aliphatic carbocycles. The third-order valence-corrected chi connectivity index (χ3v) is 6.27. The number of likely N-dealkylation sites (tertiary alicyclic amines) is 1. The minimum absolute atomic E-state index is 0.0276. The molecule has 2 N–H and O–H groups in total. The van der Waals surface area contributed by atoms with E-state index in [1.165, 1.54) is 36.4 Å². The Hall–Kier alpha value is -4.45. The first-order chi connectivity index (χ1) is 18.0. The van der Waals surface area contributed by atoms with E-state index in [-0.39, 0.29) is 23.2 Å². The molecule has 1 amide bonds. The van der Waals surface area contributed by atoms with E-state index in [1.54, 1.807) is 11.0 Å². The number of ketones is 1. The first-order valence-electron chi connectivity index (χ1n) is 11.7.